The summed E-state index contributed by atoms with van der Waals surface area (Å²) in [5.41, 5.74) is 3.66. The van der Waals surface area contributed by atoms with Crippen LogP contribution in [0.5, 0.6) is 5.75 Å². The van der Waals surface area contributed by atoms with Crippen LogP contribution >= 0.6 is 11.8 Å². The van der Waals surface area contributed by atoms with Gasteiger partial charge in [-0.3, -0.25) is 14.7 Å². The molecule has 0 bridgehead atoms. The van der Waals surface area contributed by atoms with Crippen LogP contribution < -0.4 is 9.64 Å². The molecule has 0 aliphatic carbocycles. The number of rotatable bonds is 6. The molecule has 2 aliphatic heterocycles. The largest absolute Gasteiger partial charge is 0.496 e. The van der Waals surface area contributed by atoms with Gasteiger partial charge in [-0.1, -0.05) is 13.8 Å². The third-order valence-corrected chi connectivity index (χ3v) is 7.01. The molecule has 1 saturated heterocycles. The average Bonchev–Trinajstić information content (AvgIpc) is 2.99. The maximum Gasteiger partial charge on any atom is 0.266 e. The smallest absolute Gasteiger partial charge is 0.266 e. The number of ether oxygens (including phenoxy) is 1. The van der Waals surface area contributed by atoms with Gasteiger partial charge in [-0.15, -0.1) is 0 Å². The number of carbonyl (C=O) groups excluding carboxylic acids is 1. The summed E-state index contributed by atoms with van der Waals surface area (Å²) in [6, 6.07) is 4.39. The van der Waals surface area contributed by atoms with E-state index >= 15 is 0 Å². The summed E-state index contributed by atoms with van der Waals surface area (Å²) >= 11 is 1.46. The molecule has 1 atom stereocenters. The molecule has 6 heteroatoms. The van der Waals surface area contributed by atoms with Crippen molar-refractivity contribution in [1.82, 2.24) is 4.90 Å². The van der Waals surface area contributed by atoms with E-state index in [-0.39, 0.29) is 11.4 Å². The Morgan fingerprint density at radius 2 is 2.03 bits per heavy atom. The molecular weight excluding hydrogens is 394 g/mol. The lowest BCUT2D eigenvalue weighted by Gasteiger charge is -2.47. The number of likely N-dealkylation sites (N-methyl/N-ethyl adjacent to an activating group) is 1. The number of amides is 1. The third kappa shape index (κ3) is 4.11. The number of carbonyl (C=O) groups is 1. The minimum absolute atomic E-state index is 0.0243. The normalized spacial score (nSPS) is 23.4. The number of aliphatic imine (C=N–C) groups is 1. The van der Waals surface area contributed by atoms with Crippen LogP contribution in [0.4, 0.5) is 5.69 Å². The summed E-state index contributed by atoms with van der Waals surface area (Å²) in [4.78, 5) is 22.4. The molecule has 3 rings (SSSR count). The second-order valence-electron chi connectivity index (χ2n) is 8.64. The van der Waals surface area contributed by atoms with Gasteiger partial charge in [0.15, 0.2) is 5.17 Å². The minimum atomic E-state index is 0.0243. The second kappa shape index (κ2) is 9.04. The Balaban J connectivity index is 2.08. The summed E-state index contributed by atoms with van der Waals surface area (Å²) in [7, 11) is 1.71. The number of benzene rings is 1. The lowest BCUT2D eigenvalue weighted by Crippen LogP contribution is -2.48. The highest BCUT2D eigenvalue weighted by Crippen LogP contribution is 2.46. The molecular formula is C24H35N3O2S. The van der Waals surface area contributed by atoms with Crippen LogP contribution in [0.2, 0.25) is 0 Å². The van der Waals surface area contributed by atoms with Gasteiger partial charge in [0.1, 0.15) is 5.75 Å². The Morgan fingerprint density at radius 3 is 2.63 bits per heavy atom. The number of fused-ring (bicyclic) bond motifs is 1. The van der Waals surface area contributed by atoms with Gasteiger partial charge >= 0.3 is 0 Å². The number of amidine groups is 1. The third-order valence-electron chi connectivity index (χ3n) is 5.97. The van der Waals surface area contributed by atoms with Gasteiger partial charge in [0.2, 0.25) is 0 Å². The molecule has 30 heavy (non-hydrogen) atoms. The maximum absolute atomic E-state index is 12.9. The summed E-state index contributed by atoms with van der Waals surface area (Å²) in [6.45, 7) is 15.5. The Bertz CT molecular complexity index is 875. The zero-order chi connectivity index (χ0) is 22.1. The lowest BCUT2D eigenvalue weighted by molar-refractivity contribution is -0.122. The number of thioether (sulfide) groups is 1. The van der Waals surface area contributed by atoms with Crippen molar-refractivity contribution in [2.75, 3.05) is 31.6 Å². The van der Waals surface area contributed by atoms with E-state index in [1.54, 1.807) is 12.0 Å². The van der Waals surface area contributed by atoms with Crippen LogP contribution in [0, 0.1) is 0 Å². The zero-order valence-corrected chi connectivity index (χ0v) is 20.2. The van der Waals surface area contributed by atoms with Crippen LogP contribution in [-0.4, -0.2) is 48.3 Å². The highest BCUT2D eigenvalue weighted by molar-refractivity contribution is 8.18. The molecule has 1 amide bonds. The predicted octanol–water partition coefficient (Wildman–Crippen LogP) is 5.51. The van der Waals surface area contributed by atoms with E-state index in [2.05, 4.69) is 49.7 Å². The zero-order valence-electron chi connectivity index (χ0n) is 19.4. The first-order chi connectivity index (χ1) is 14.3. The Morgan fingerprint density at radius 1 is 1.30 bits per heavy atom. The van der Waals surface area contributed by atoms with Crippen molar-refractivity contribution in [2.24, 2.45) is 4.99 Å². The fourth-order valence-corrected chi connectivity index (χ4v) is 5.74. The van der Waals surface area contributed by atoms with Crippen LogP contribution in [0.15, 0.2) is 22.0 Å². The minimum Gasteiger partial charge on any atom is -0.496 e. The van der Waals surface area contributed by atoms with Crippen molar-refractivity contribution in [3.05, 3.63) is 28.2 Å². The van der Waals surface area contributed by atoms with Crippen molar-refractivity contribution in [3.8, 4) is 5.75 Å². The van der Waals surface area contributed by atoms with Gasteiger partial charge < -0.3 is 9.64 Å². The number of methoxy groups -OCH3 is 1. The van der Waals surface area contributed by atoms with E-state index in [1.807, 2.05) is 19.9 Å². The maximum atomic E-state index is 12.9. The van der Waals surface area contributed by atoms with E-state index in [0.717, 1.165) is 35.9 Å². The molecule has 0 N–H and O–H groups in total. The molecule has 1 aromatic rings. The molecule has 1 aromatic carbocycles. The van der Waals surface area contributed by atoms with Crippen LogP contribution in [0.25, 0.3) is 6.08 Å². The highest BCUT2D eigenvalue weighted by Gasteiger charge is 2.37. The molecule has 0 aromatic heterocycles. The molecule has 2 heterocycles. The van der Waals surface area contributed by atoms with Crippen molar-refractivity contribution >= 4 is 34.6 Å². The molecule has 0 spiro atoms. The molecule has 164 valence electrons. The van der Waals surface area contributed by atoms with Crippen molar-refractivity contribution in [2.45, 2.75) is 65.8 Å². The lowest BCUT2D eigenvalue weighted by atomic mass is 9.79. The molecule has 0 saturated carbocycles. The molecule has 0 radical (unpaired) electrons. The van der Waals surface area contributed by atoms with E-state index in [4.69, 9.17) is 4.74 Å². The van der Waals surface area contributed by atoms with Crippen LogP contribution in [0.3, 0.4) is 0 Å². The average molecular weight is 430 g/mol. The van der Waals surface area contributed by atoms with E-state index in [0.29, 0.717) is 23.9 Å². The number of nitrogens with zero attached hydrogens (tertiary/aromatic N) is 3. The highest BCUT2D eigenvalue weighted by atomic mass is 32.2. The quantitative estimate of drug-likeness (QED) is 0.559. The fourth-order valence-electron chi connectivity index (χ4n) is 4.64. The Kier molecular flexibility index (Phi) is 6.85. The Labute approximate surface area is 185 Å². The SMILES string of the molecule is CCCN1c2cc(OC)c(/C=C3/SC(=NCC)N(CC)C3=O)cc2C(C)CC1(C)C. The first-order valence-electron chi connectivity index (χ1n) is 11.0. The Hall–Kier alpha value is -1.95. The second-order valence-corrected chi connectivity index (χ2v) is 9.65. The van der Waals surface area contributed by atoms with Gasteiger partial charge in [0.25, 0.3) is 5.91 Å². The fraction of sp³-hybridized carbons (Fsp3) is 0.583. The van der Waals surface area contributed by atoms with E-state index in [1.165, 1.54) is 23.0 Å². The van der Waals surface area contributed by atoms with E-state index in [9.17, 15) is 4.79 Å². The van der Waals surface area contributed by atoms with Crippen molar-refractivity contribution < 1.29 is 9.53 Å². The first kappa shape index (κ1) is 22.7. The topological polar surface area (TPSA) is 45.1 Å². The molecule has 1 unspecified atom stereocenters. The van der Waals surface area contributed by atoms with Gasteiger partial charge in [0, 0.05) is 42.5 Å². The summed E-state index contributed by atoms with van der Waals surface area (Å²) < 4.78 is 5.78. The van der Waals surface area contributed by atoms with Gasteiger partial charge in [-0.05, 0) is 75.9 Å². The van der Waals surface area contributed by atoms with Gasteiger partial charge in [-0.2, -0.15) is 0 Å². The first-order valence-corrected chi connectivity index (χ1v) is 11.8. The number of anilines is 1. The summed E-state index contributed by atoms with van der Waals surface area (Å²) in [6.07, 6.45) is 4.18. The number of hydrogen-bond acceptors (Lipinski definition) is 5. The molecule has 5 nitrogen and oxygen atoms in total. The van der Waals surface area contributed by atoms with Gasteiger partial charge in [-0.25, -0.2) is 0 Å². The van der Waals surface area contributed by atoms with Crippen molar-refractivity contribution in [1.29, 1.82) is 0 Å². The van der Waals surface area contributed by atoms with E-state index < -0.39 is 0 Å². The van der Waals surface area contributed by atoms with Gasteiger partial charge in [0.05, 0.1) is 12.0 Å². The van der Waals surface area contributed by atoms with Crippen LogP contribution in [-0.2, 0) is 4.79 Å². The predicted molar refractivity (Wildman–Crippen MR) is 129 cm³/mol. The summed E-state index contributed by atoms with van der Waals surface area (Å²) in [5.74, 6) is 1.28. The monoisotopic (exact) mass is 429 g/mol. The van der Waals surface area contributed by atoms with Crippen molar-refractivity contribution in [3.63, 3.8) is 0 Å². The molecule has 1 fully saturated rings. The molecule has 2 aliphatic rings. The van der Waals surface area contributed by atoms with Crippen LogP contribution in [0.1, 0.15) is 71.4 Å². The standard InChI is InChI=1S/C24H35N3O2S/c1-8-11-27-19-14-20(29-7)17(12-18(19)16(4)15-24(27,5)6)13-21-22(28)26(10-3)23(30-21)25-9-2/h12-14,16H,8-11,15H2,1-7H3/b21-13+,25-23?. The summed E-state index contributed by atoms with van der Waals surface area (Å²) in [5, 5.41) is 0.789. The number of hydrogen-bond donors (Lipinski definition) is 0.